The second kappa shape index (κ2) is 7.27. The second-order valence-electron chi connectivity index (χ2n) is 6.78. The summed E-state index contributed by atoms with van der Waals surface area (Å²) in [4.78, 5) is 10.4. The van der Waals surface area contributed by atoms with E-state index in [-0.39, 0.29) is 5.54 Å². The summed E-state index contributed by atoms with van der Waals surface area (Å²) in [5, 5.41) is 10.1. The number of hydrogen-bond acceptors (Lipinski definition) is 5. The van der Waals surface area contributed by atoms with Gasteiger partial charge < -0.3 is 15.5 Å². The first-order valence-electron chi connectivity index (χ1n) is 8.92. The van der Waals surface area contributed by atoms with E-state index in [1.54, 1.807) is 7.11 Å². The Morgan fingerprint density at radius 1 is 1.19 bits per heavy atom. The summed E-state index contributed by atoms with van der Waals surface area (Å²) in [7, 11) is 1.73. The Hall–Kier alpha value is -2.08. The summed E-state index contributed by atoms with van der Waals surface area (Å²) >= 11 is 6.12. The lowest BCUT2D eigenvalue weighted by Gasteiger charge is -2.45. The number of aliphatic imine (C=N–C) groups is 1. The molecule has 1 fully saturated rings. The first kappa shape index (κ1) is 17.3. The molecule has 0 atom stereocenters. The fraction of sp³-hybridized carbons (Fsp3) is 0.350. The Kier molecular flexibility index (Phi) is 4.85. The van der Waals surface area contributed by atoms with Gasteiger partial charge in [0.05, 0.1) is 24.0 Å². The van der Waals surface area contributed by atoms with E-state index < -0.39 is 0 Å². The van der Waals surface area contributed by atoms with Crippen LogP contribution in [0.15, 0.2) is 53.5 Å². The number of anilines is 1. The average molecular weight is 371 g/mol. The number of hydrogen-bond donors (Lipinski definition) is 2. The van der Waals surface area contributed by atoms with Gasteiger partial charge in [-0.3, -0.25) is 0 Å². The van der Waals surface area contributed by atoms with Crippen LogP contribution in [0.25, 0.3) is 0 Å². The molecule has 2 N–H and O–H groups in total. The van der Waals surface area contributed by atoms with Crippen molar-refractivity contribution >= 4 is 28.8 Å². The summed E-state index contributed by atoms with van der Waals surface area (Å²) in [6, 6.07) is 16.1. The SMILES string of the molecule is CON1CCC2(CC1)Nc1ccccc1N=C2NCc1cccc(Cl)c1. The van der Waals surface area contributed by atoms with E-state index >= 15 is 0 Å². The van der Waals surface area contributed by atoms with Crippen LogP contribution in [0.4, 0.5) is 11.4 Å². The molecule has 2 aromatic carbocycles. The molecule has 0 unspecified atom stereocenters. The number of fused-ring (bicyclic) bond motifs is 1. The van der Waals surface area contributed by atoms with Crippen molar-refractivity contribution < 1.29 is 4.84 Å². The van der Waals surface area contributed by atoms with Crippen molar-refractivity contribution in [2.75, 3.05) is 25.5 Å². The lowest BCUT2D eigenvalue weighted by molar-refractivity contribution is -0.145. The van der Waals surface area contributed by atoms with Crippen molar-refractivity contribution in [3.05, 3.63) is 59.1 Å². The van der Waals surface area contributed by atoms with E-state index in [4.69, 9.17) is 21.4 Å². The molecular formula is C20H23ClN4O. The van der Waals surface area contributed by atoms with Gasteiger partial charge >= 0.3 is 0 Å². The maximum atomic E-state index is 6.12. The van der Waals surface area contributed by atoms with Crippen LogP contribution in [0.2, 0.25) is 5.02 Å². The first-order valence-corrected chi connectivity index (χ1v) is 9.30. The Labute approximate surface area is 159 Å². The predicted molar refractivity (Wildman–Crippen MR) is 106 cm³/mol. The molecule has 0 amide bonds. The van der Waals surface area contributed by atoms with Crippen LogP contribution >= 0.6 is 11.6 Å². The van der Waals surface area contributed by atoms with Crippen LogP contribution in [-0.4, -0.2) is 36.6 Å². The van der Waals surface area contributed by atoms with Crippen molar-refractivity contribution in [3.8, 4) is 0 Å². The molecule has 26 heavy (non-hydrogen) atoms. The Morgan fingerprint density at radius 2 is 2.00 bits per heavy atom. The summed E-state index contributed by atoms with van der Waals surface area (Å²) < 4.78 is 0. The van der Waals surface area contributed by atoms with Gasteiger partial charge in [0, 0.05) is 24.7 Å². The van der Waals surface area contributed by atoms with Crippen molar-refractivity contribution in [2.45, 2.75) is 24.9 Å². The van der Waals surface area contributed by atoms with Gasteiger partial charge in [-0.1, -0.05) is 35.9 Å². The molecule has 1 spiro atoms. The lowest BCUT2D eigenvalue weighted by atomic mass is 9.84. The molecule has 4 rings (SSSR count). The summed E-state index contributed by atoms with van der Waals surface area (Å²) in [5.41, 5.74) is 3.01. The predicted octanol–water partition coefficient (Wildman–Crippen LogP) is 3.98. The average Bonchev–Trinajstić information content (AvgIpc) is 2.67. The highest BCUT2D eigenvalue weighted by Crippen LogP contribution is 2.37. The number of halogens is 1. The highest BCUT2D eigenvalue weighted by atomic mass is 35.5. The van der Waals surface area contributed by atoms with Crippen molar-refractivity contribution in [2.24, 2.45) is 4.99 Å². The molecule has 136 valence electrons. The van der Waals surface area contributed by atoms with E-state index in [9.17, 15) is 0 Å². The Morgan fingerprint density at radius 3 is 2.77 bits per heavy atom. The van der Waals surface area contributed by atoms with Crippen LogP contribution in [0.5, 0.6) is 0 Å². The third kappa shape index (κ3) is 3.43. The fourth-order valence-electron chi connectivity index (χ4n) is 3.68. The minimum atomic E-state index is -0.193. The normalized spacial score (nSPS) is 18.8. The van der Waals surface area contributed by atoms with Gasteiger partial charge in [0.25, 0.3) is 0 Å². The standard InChI is InChI=1S/C20H23ClN4O/c1-26-25-11-9-20(10-12-25)19(22-14-15-5-4-6-16(21)13-15)23-17-7-2-3-8-18(17)24-20/h2-8,13,24H,9-12,14H2,1H3,(H,22,23). The topological polar surface area (TPSA) is 48.9 Å². The maximum Gasteiger partial charge on any atom is 0.128 e. The van der Waals surface area contributed by atoms with E-state index in [1.165, 1.54) is 0 Å². The number of nitrogens with zero attached hydrogens (tertiary/aromatic N) is 2. The zero-order valence-corrected chi connectivity index (χ0v) is 15.6. The van der Waals surface area contributed by atoms with E-state index in [0.717, 1.165) is 53.7 Å². The second-order valence-corrected chi connectivity index (χ2v) is 7.22. The number of rotatable bonds is 3. The molecule has 0 aromatic heterocycles. The molecule has 1 saturated heterocycles. The van der Waals surface area contributed by atoms with E-state index in [1.807, 2.05) is 41.5 Å². The molecule has 6 heteroatoms. The molecular weight excluding hydrogens is 348 g/mol. The van der Waals surface area contributed by atoms with Crippen LogP contribution in [0.1, 0.15) is 18.4 Å². The third-order valence-electron chi connectivity index (χ3n) is 5.15. The number of piperidine rings is 1. The quantitative estimate of drug-likeness (QED) is 0.858. The molecule has 2 aromatic rings. The van der Waals surface area contributed by atoms with Gasteiger partial charge in [-0.25, -0.2) is 4.99 Å². The van der Waals surface area contributed by atoms with Crippen LogP contribution in [-0.2, 0) is 11.4 Å². The molecule has 2 heterocycles. The number of hydroxylamine groups is 2. The largest absolute Gasteiger partial charge is 0.371 e. The Balaban J connectivity index is 1.60. The van der Waals surface area contributed by atoms with Crippen LogP contribution < -0.4 is 10.6 Å². The van der Waals surface area contributed by atoms with Gasteiger partial charge in [0.15, 0.2) is 0 Å². The molecule has 0 aliphatic carbocycles. The minimum absolute atomic E-state index is 0.193. The number of para-hydroxylation sites is 2. The van der Waals surface area contributed by atoms with Gasteiger partial charge in [-0.15, -0.1) is 0 Å². The fourth-order valence-corrected chi connectivity index (χ4v) is 3.89. The molecule has 0 saturated carbocycles. The number of nitrogens with one attached hydrogen (secondary N) is 2. The highest BCUT2D eigenvalue weighted by molar-refractivity contribution is 6.30. The summed E-state index contributed by atoms with van der Waals surface area (Å²) in [6.45, 7) is 2.42. The van der Waals surface area contributed by atoms with Crippen molar-refractivity contribution in [3.63, 3.8) is 0 Å². The van der Waals surface area contributed by atoms with Crippen LogP contribution in [0.3, 0.4) is 0 Å². The number of amidine groups is 1. The molecule has 0 radical (unpaired) electrons. The molecule has 2 aliphatic rings. The third-order valence-corrected chi connectivity index (χ3v) is 5.38. The molecule has 5 nitrogen and oxygen atoms in total. The smallest absolute Gasteiger partial charge is 0.128 e. The zero-order chi connectivity index (χ0) is 18.0. The van der Waals surface area contributed by atoms with Gasteiger partial charge in [-0.2, -0.15) is 5.06 Å². The molecule has 2 aliphatic heterocycles. The zero-order valence-electron chi connectivity index (χ0n) is 14.8. The first-order chi connectivity index (χ1) is 12.7. The Bertz CT molecular complexity index is 815. The van der Waals surface area contributed by atoms with E-state index in [2.05, 4.69) is 22.8 Å². The van der Waals surface area contributed by atoms with Crippen molar-refractivity contribution in [1.82, 2.24) is 10.4 Å². The minimum Gasteiger partial charge on any atom is -0.371 e. The van der Waals surface area contributed by atoms with Gasteiger partial charge in [0.2, 0.25) is 0 Å². The lowest BCUT2D eigenvalue weighted by Crippen LogP contribution is -2.59. The van der Waals surface area contributed by atoms with Crippen molar-refractivity contribution in [1.29, 1.82) is 0 Å². The maximum absolute atomic E-state index is 6.12. The highest BCUT2D eigenvalue weighted by Gasteiger charge is 2.42. The van der Waals surface area contributed by atoms with Gasteiger partial charge in [0.1, 0.15) is 5.84 Å². The van der Waals surface area contributed by atoms with Gasteiger partial charge in [-0.05, 0) is 42.7 Å². The van der Waals surface area contributed by atoms with Crippen LogP contribution in [0, 0.1) is 0 Å². The summed E-state index contributed by atoms with van der Waals surface area (Å²) in [6.07, 6.45) is 1.85. The van der Waals surface area contributed by atoms with E-state index in [0.29, 0.717) is 6.54 Å². The molecule has 0 bridgehead atoms. The number of benzene rings is 2. The monoisotopic (exact) mass is 370 g/mol. The summed E-state index contributed by atoms with van der Waals surface area (Å²) in [5.74, 6) is 0.993.